The van der Waals surface area contributed by atoms with E-state index in [9.17, 15) is 15.3 Å². The molecule has 0 aromatic heterocycles. The highest BCUT2D eigenvalue weighted by atomic mass is 16.3. The third kappa shape index (κ3) is 2.24. The molecule has 3 heteroatoms. The van der Waals surface area contributed by atoms with Crippen molar-refractivity contribution in [3.8, 4) is 28.4 Å². The van der Waals surface area contributed by atoms with E-state index in [2.05, 4.69) is 0 Å². The molecule has 0 saturated carbocycles. The quantitative estimate of drug-likeness (QED) is 0.737. The zero-order chi connectivity index (χ0) is 14.0. The molecule has 3 nitrogen and oxygen atoms in total. The molecule has 2 aromatic rings. The van der Waals surface area contributed by atoms with Crippen molar-refractivity contribution in [3.63, 3.8) is 0 Å². The lowest BCUT2D eigenvalue weighted by Gasteiger charge is -2.16. The van der Waals surface area contributed by atoms with E-state index >= 15 is 0 Å². The first-order chi connectivity index (χ1) is 9.10. The Morgan fingerprint density at radius 2 is 1.42 bits per heavy atom. The largest absolute Gasteiger partial charge is 0.507 e. The Morgan fingerprint density at radius 1 is 0.789 bits per heavy atom. The molecule has 0 heterocycles. The summed E-state index contributed by atoms with van der Waals surface area (Å²) in [6.45, 7) is 3.93. The number of benzene rings is 2. The number of phenolic OH excluding ortho intramolecular Hbond substituents is 3. The van der Waals surface area contributed by atoms with E-state index in [1.54, 1.807) is 18.2 Å². The van der Waals surface area contributed by atoms with Crippen LogP contribution in [0.1, 0.15) is 25.0 Å². The molecule has 0 spiro atoms. The maximum atomic E-state index is 9.96. The van der Waals surface area contributed by atoms with E-state index in [0.717, 1.165) is 23.1 Å². The zero-order valence-electron chi connectivity index (χ0n) is 11.1. The van der Waals surface area contributed by atoms with Gasteiger partial charge in [-0.25, -0.2) is 0 Å². The minimum Gasteiger partial charge on any atom is -0.507 e. The van der Waals surface area contributed by atoms with Crippen LogP contribution in [0.4, 0.5) is 0 Å². The van der Waals surface area contributed by atoms with E-state index < -0.39 is 0 Å². The highest BCUT2D eigenvalue weighted by molar-refractivity contribution is 5.77. The lowest BCUT2D eigenvalue weighted by atomic mass is 9.91. The van der Waals surface area contributed by atoms with Gasteiger partial charge in [0.1, 0.15) is 5.75 Å². The number of aromatic hydroxyl groups is 3. The van der Waals surface area contributed by atoms with Crippen molar-refractivity contribution >= 4 is 0 Å². The second-order valence-electron chi connectivity index (χ2n) is 4.47. The first-order valence-electron chi connectivity index (χ1n) is 6.45. The van der Waals surface area contributed by atoms with Gasteiger partial charge in [-0.05, 0) is 36.1 Å². The Kier molecular flexibility index (Phi) is 3.65. The summed E-state index contributed by atoms with van der Waals surface area (Å²) in [6, 6.07) is 8.53. The predicted molar refractivity (Wildman–Crippen MR) is 75.6 cm³/mol. The number of rotatable bonds is 3. The molecule has 100 valence electrons. The Bertz CT molecular complexity index is 603. The maximum Gasteiger partial charge on any atom is 0.160 e. The fourth-order valence-electron chi connectivity index (χ4n) is 2.48. The molecule has 0 aliphatic carbocycles. The summed E-state index contributed by atoms with van der Waals surface area (Å²) < 4.78 is 0. The summed E-state index contributed by atoms with van der Waals surface area (Å²) in [5.41, 5.74) is 3.14. The molecular formula is C16H18O3. The SMILES string of the molecule is CCc1c(-c2ccccc2O)cc(O)c(O)c1CC. The average molecular weight is 258 g/mol. The summed E-state index contributed by atoms with van der Waals surface area (Å²) in [5.74, 6) is -0.0323. The van der Waals surface area contributed by atoms with E-state index in [1.165, 1.54) is 6.07 Å². The maximum absolute atomic E-state index is 9.96. The van der Waals surface area contributed by atoms with Crippen molar-refractivity contribution < 1.29 is 15.3 Å². The second-order valence-corrected chi connectivity index (χ2v) is 4.47. The van der Waals surface area contributed by atoms with Crippen molar-refractivity contribution in [2.75, 3.05) is 0 Å². The van der Waals surface area contributed by atoms with Crippen molar-refractivity contribution in [1.82, 2.24) is 0 Å². The number of hydrogen-bond acceptors (Lipinski definition) is 3. The molecule has 2 rings (SSSR count). The van der Waals surface area contributed by atoms with Crippen molar-refractivity contribution in [2.45, 2.75) is 26.7 Å². The molecule has 0 fully saturated rings. The van der Waals surface area contributed by atoms with Crippen LogP contribution in [0.5, 0.6) is 17.2 Å². The minimum atomic E-state index is -0.146. The standard InChI is InChI=1S/C16H18O3/c1-3-10-11(4-2)16(19)15(18)9-13(10)12-7-5-6-8-14(12)17/h5-9,17-19H,3-4H2,1-2H3. The van der Waals surface area contributed by atoms with Crippen LogP contribution in [0, 0.1) is 0 Å². The van der Waals surface area contributed by atoms with Gasteiger partial charge in [-0.3, -0.25) is 0 Å². The van der Waals surface area contributed by atoms with Crippen LogP contribution in [0.3, 0.4) is 0 Å². The normalized spacial score (nSPS) is 10.6. The van der Waals surface area contributed by atoms with Gasteiger partial charge in [-0.1, -0.05) is 32.0 Å². The van der Waals surface area contributed by atoms with Gasteiger partial charge in [-0.15, -0.1) is 0 Å². The van der Waals surface area contributed by atoms with Crippen LogP contribution in [-0.2, 0) is 12.8 Å². The summed E-state index contributed by atoms with van der Waals surface area (Å²) in [5, 5.41) is 29.8. The Labute approximate surface area is 112 Å². The smallest absolute Gasteiger partial charge is 0.160 e. The van der Waals surface area contributed by atoms with Crippen LogP contribution < -0.4 is 0 Å². The molecular weight excluding hydrogens is 240 g/mol. The molecule has 0 atom stereocenters. The van der Waals surface area contributed by atoms with Crippen LogP contribution in [-0.4, -0.2) is 15.3 Å². The topological polar surface area (TPSA) is 60.7 Å². The molecule has 19 heavy (non-hydrogen) atoms. The summed E-state index contributed by atoms with van der Waals surface area (Å²) in [7, 11) is 0. The average Bonchev–Trinajstić information content (AvgIpc) is 2.41. The van der Waals surface area contributed by atoms with Crippen LogP contribution in [0.25, 0.3) is 11.1 Å². The first-order valence-corrected chi connectivity index (χ1v) is 6.45. The van der Waals surface area contributed by atoms with Crippen LogP contribution >= 0.6 is 0 Å². The molecule has 0 unspecified atom stereocenters. The third-order valence-electron chi connectivity index (χ3n) is 3.40. The fraction of sp³-hybridized carbons (Fsp3) is 0.250. The van der Waals surface area contributed by atoms with Gasteiger partial charge in [0.25, 0.3) is 0 Å². The van der Waals surface area contributed by atoms with E-state index in [0.29, 0.717) is 12.0 Å². The van der Waals surface area contributed by atoms with Gasteiger partial charge in [0, 0.05) is 11.1 Å². The Balaban J connectivity index is 2.77. The molecule has 0 radical (unpaired) electrons. The molecule has 0 bridgehead atoms. The Morgan fingerprint density at radius 3 is 2.00 bits per heavy atom. The predicted octanol–water partition coefficient (Wildman–Crippen LogP) is 3.60. The lowest BCUT2D eigenvalue weighted by molar-refractivity contribution is 0.399. The summed E-state index contributed by atoms with van der Waals surface area (Å²) in [6.07, 6.45) is 1.35. The molecule has 0 amide bonds. The zero-order valence-corrected chi connectivity index (χ0v) is 11.1. The third-order valence-corrected chi connectivity index (χ3v) is 3.40. The van der Waals surface area contributed by atoms with Crippen molar-refractivity contribution in [1.29, 1.82) is 0 Å². The van der Waals surface area contributed by atoms with Crippen LogP contribution in [0.2, 0.25) is 0 Å². The fourth-order valence-corrected chi connectivity index (χ4v) is 2.48. The lowest BCUT2D eigenvalue weighted by Crippen LogP contribution is -1.96. The molecule has 0 aliphatic heterocycles. The second kappa shape index (κ2) is 5.22. The van der Waals surface area contributed by atoms with Gasteiger partial charge in [0.15, 0.2) is 11.5 Å². The van der Waals surface area contributed by atoms with E-state index in [1.807, 2.05) is 19.9 Å². The number of hydrogen-bond donors (Lipinski definition) is 3. The Hall–Kier alpha value is -2.16. The first kappa shape index (κ1) is 13.3. The van der Waals surface area contributed by atoms with Crippen LogP contribution in [0.15, 0.2) is 30.3 Å². The van der Waals surface area contributed by atoms with Crippen molar-refractivity contribution in [3.05, 3.63) is 41.5 Å². The van der Waals surface area contributed by atoms with E-state index in [4.69, 9.17) is 0 Å². The molecule has 0 aliphatic rings. The van der Waals surface area contributed by atoms with Gasteiger partial charge >= 0.3 is 0 Å². The monoisotopic (exact) mass is 258 g/mol. The van der Waals surface area contributed by atoms with Gasteiger partial charge in [0.05, 0.1) is 0 Å². The van der Waals surface area contributed by atoms with Gasteiger partial charge in [0.2, 0.25) is 0 Å². The molecule has 2 aromatic carbocycles. The summed E-state index contributed by atoms with van der Waals surface area (Å²) >= 11 is 0. The van der Waals surface area contributed by atoms with Gasteiger partial charge < -0.3 is 15.3 Å². The van der Waals surface area contributed by atoms with Crippen molar-refractivity contribution in [2.24, 2.45) is 0 Å². The minimum absolute atomic E-state index is 0.0569. The molecule has 0 saturated heterocycles. The summed E-state index contributed by atoms with van der Waals surface area (Å²) in [4.78, 5) is 0. The van der Waals surface area contributed by atoms with Gasteiger partial charge in [-0.2, -0.15) is 0 Å². The highest BCUT2D eigenvalue weighted by Crippen LogP contribution is 2.41. The molecule has 3 N–H and O–H groups in total. The highest BCUT2D eigenvalue weighted by Gasteiger charge is 2.17. The van der Waals surface area contributed by atoms with E-state index in [-0.39, 0.29) is 17.2 Å². The number of phenols is 3. The number of para-hydroxylation sites is 1.